The number of aromatic nitrogens is 2. The highest BCUT2D eigenvalue weighted by molar-refractivity contribution is 5.83. The van der Waals surface area contributed by atoms with Gasteiger partial charge in [-0.05, 0) is 35.4 Å². The third kappa shape index (κ3) is 1.53. The molecule has 2 heterocycles. The van der Waals surface area contributed by atoms with Gasteiger partial charge in [-0.15, -0.1) is 0 Å². The van der Waals surface area contributed by atoms with Crippen LogP contribution in [0, 0.1) is 11.3 Å². The van der Waals surface area contributed by atoms with Gasteiger partial charge in [-0.2, -0.15) is 5.26 Å². The zero-order valence-electron chi connectivity index (χ0n) is 11.0. The molecule has 1 saturated carbocycles. The van der Waals surface area contributed by atoms with E-state index in [1.165, 1.54) is 5.56 Å². The number of nitrogens with one attached hydrogen (secondary N) is 1. The first-order valence-electron chi connectivity index (χ1n) is 6.36. The largest absolute Gasteiger partial charge is 0.346 e. The Hall–Kier alpha value is -1.82. The van der Waals surface area contributed by atoms with E-state index in [0.29, 0.717) is 0 Å². The number of pyridine rings is 1. The van der Waals surface area contributed by atoms with Gasteiger partial charge in [-0.3, -0.25) is 0 Å². The molecule has 0 spiro atoms. The Balaban J connectivity index is 2.21. The van der Waals surface area contributed by atoms with Gasteiger partial charge in [0, 0.05) is 17.8 Å². The summed E-state index contributed by atoms with van der Waals surface area (Å²) in [5.41, 5.74) is 3.05. The predicted molar refractivity (Wildman–Crippen MR) is 71.3 cm³/mol. The van der Waals surface area contributed by atoms with Crippen molar-refractivity contribution in [3.8, 4) is 6.07 Å². The molecule has 0 bridgehead atoms. The Morgan fingerprint density at radius 3 is 2.67 bits per heavy atom. The maximum Gasteiger partial charge on any atom is 0.137 e. The highest BCUT2D eigenvalue weighted by atomic mass is 14.8. The van der Waals surface area contributed by atoms with E-state index in [4.69, 9.17) is 0 Å². The number of rotatable bonds is 1. The van der Waals surface area contributed by atoms with Crippen LogP contribution in [-0.2, 0) is 10.8 Å². The van der Waals surface area contributed by atoms with Gasteiger partial charge >= 0.3 is 0 Å². The number of fused-ring (bicyclic) bond motifs is 1. The Morgan fingerprint density at radius 1 is 1.39 bits per heavy atom. The van der Waals surface area contributed by atoms with Gasteiger partial charge in [0.1, 0.15) is 5.65 Å². The van der Waals surface area contributed by atoms with Crippen LogP contribution in [0.3, 0.4) is 0 Å². The van der Waals surface area contributed by atoms with E-state index >= 15 is 0 Å². The number of aromatic amines is 1. The molecule has 3 nitrogen and oxygen atoms in total. The van der Waals surface area contributed by atoms with Gasteiger partial charge < -0.3 is 4.98 Å². The fraction of sp³-hybridized carbons (Fsp3) is 0.467. The first-order chi connectivity index (χ1) is 8.46. The zero-order chi connectivity index (χ0) is 13.0. The Bertz CT molecular complexity index is 648. The summed E-state index contributed by atoms with van der Waals surface area (Å²) in [4.78, 5) is 7.66. The SMILES string of the molecule is CC(C)(C)c1cnc2[nH]cc(C3(C#N)CC3)c2c1. The molecule has 0 aromatic carbocycles. The van der Waals surface area contributed by atoms with E-state index in [1.54, 1.807) is 0 Å². The summed E-state index contributed by atoms with van der Waals surface area (Å²) in [6.45, 7) is 6.54. The van der Waals surface area contributed by atoms with E-state index in [9.17, 15) is 5.26 Å². The van der Waals surface area contributed by atoms with Crippen molar-refractivity contribution in [3.63, 3.8) is 0 Å². The second-order valence-electron chi connectivity index (χ2n) is 6.27. The summed E-state index contributed by atoms with van der Waals surface area (Å²) >= 11 is 0. The molecule has 0 radical (unpaired) electrons. The van der Waals surface area contributed by atoms with Crippen LogP contribution in [0.25, 0.3) is 11.0 Å². The topological polar surface area (TPSA) is 52.5 Å². The normalized spacial score (nSPS) is 17.7. The van der Waals surface area contributed by atoms with E-state index in [0.717, 1.165) is 29.4 Å². The molecular weight excluding hydrogens is 222 g/mol. The van der Waals surface area contributed by atoms with Crippen molar-refractivity contribution in [2.75, 3.05) is 0 Å². The van der Waals surface area contributed by atoms with Gasteiger partial charge in [0.05, 0.1) is 11.5 Å². The van der Waals surface area contributed by atoms with E-state index in [2.05, 4.69) is 42.9 Å². The number of nitriles is 1. The third-order valence-electron chi connectivity index (χ3n) is 3.88. The molecule has 0 atom stereocenters. The van der Waals surface area contributed by atoms with E-state index < -0.39 is 0 Å². The number of hydrogen-bond acceptors (Lipinski definition) is 2. The van der Waals surface area contributed by atoms with Gasteiger partial charge in [-0.1, -0.05) is 20.8 Å². The highest BCUT2D eigenvalue weighted by Gasteiger charge is 2.46. The minimum Gasteiger partial charge on any atom is -0.346 e. The molecule has 0 unspecified atom stereocenters. The third-order valence-corrected chi connectivity index (χ3v) is 3.88. The average molecular weight is 239 g/mol. The quantitative estimate of drug-likeness (QED) is 0.829. The van der Waals surface area contributed by atoms with E-state index in [1.807, 2.05) is 12.4 Å². The van der Waals surface area contributed by atoms with Crippen LogP contribution in [-0.4, -0.2) is 9.97 Å². The number of H-pyrrole nitrogens is 1. The second-order valence-corrected chi connectivity index (χ2v) is 6.27. The number of hydrogen-bond donors (Lipinski definition) is 1. The molecule has 1 fully saturated rings. The van der Waals surface area contributed by atoms with Gasteiger partial charge in [0.15, 0.2) is 0 Å². The van der Waals surface area contributed by atoms with E-state index in [-0.39, 0.29) is 10.8 Å². The maximum atomic E-state index is 9.33. The van der Waals surface area contributed by atoms with Crippen LogP contribution in [0.4, 0.5) is 0 Å². The fourth-order valence-corrected chi connectivity index (χ4v) is 2.38. The molecule has 0 aliphatic heterocycles. The molecule has 92 valence electrons. The van der Waals surface area contributed by atoms with Crippen molar-refractivity contribution in [3.05, 3.63) is 29.6 Å². The van der Waals surface area contributed by atoms with Crippen LogP contribution in [0.2, 0.25) is 0 Å². The molecule has 2 aromatic heterocycles. The first kappa shape index (κ1) is 11.3. The van der Waals surface area contributed by atoms with Gasteiger partial charge in [0.25, 0.3) is 0 Å². The molecule has 3 heteroatoms. The summed E-state index contributed by atoms with van der Waals surface area (Å²) in [6, 6.07) is 4.64. The Kier molecular flexibility index (Phi) is 2.10. The summed E-state index contributed by atoms with van der Waals surface area (Å²) in [6.07, 6.45) is 5.82. The van der Waals surface area contributed by atoms with Crippen LogP contribution in [0.5, 0.6) is 0 Å². The first-order valence-corrected chi connectivity index (χ1v) is 6.36. The Labute approximate surface area is 107 Å². The van der Waals surface area contributed by atoms with Crippen molar-refractivity contribution in [2.45, 2.75) is 44.4 Å². The van der Waals surface area contributed by atoms with Crippen LogP contribution in [0.1, 0.15) is 44.7 Å². The van der Waals surface area contributed by atoms with Crippen LogP contribution < -0.4 is 0 Å². The maximum absolute atomic E-state index is 9.33. The lowest BCUT2D eigenvalue weighted by Gasteiger charge is -2.18. The summed E-state index contributed by atoms with van der Waals surface area (Å²) in [7, 11) is 0. The summed E-state index contributed by atoms with van der Waals surface area (Å²) in [5, 5.41) is 10.4. The summed E-state index contributed by atoms with van der Waals surface area (Å²) < 4.78 is 0. The molecule has 1 aliphatic carbocycles. The molecular formula is C15H17N3. The number of nitrogens with zero attached hydrogens (tertiary/aromatic N) is 2. The van der Waals surface area contributed by atoms with Crippen molar-refractivity contribution in [2.24, 2.45) is 0 Å². The molecule has 3 rings (SSSR count). The predicted octanol–water partition coefficient (Wildman–Crippen LogP) is 3.42. The molecule has 2 aromatic rings. The fourth-order valence-electron chi connectivity index (χ4n) is 2.38. The lowest BCUT2D eigenvalue weighted by molar-refractivity contribution is 0.588. The van der Waals surface area contributed by atoms with Crippen LogP contribution in [0.15, 0.2) is 18.5 Å². The van der Waals surface area contributed by atoms with Crippen molar-refractivity contribution in [1.29, 1.82) is 5.26 Å². The monoisotopic (exact) mass is 239 g/mol. The van der Waals surface area contributed by atoms with Gasteiger partial charge in [-0.25, -0.2) is 4.98 Å². The summed E-state index contributed by atoms with van der Waals surface area (Å²) in [5.74, 6) is 0. The van der Waals surface area contributed by atoms with Gasteiger partial charge in [0.2, 0.25) is 0 Å². The molecule has 18 heavy (non-hydrogen) atoms. The standard InChI is InChI=1S/C15H17N3/c1-14(2,3)10-6-11-12(15(9-16)4-5-15)8-18-13(11)17-7-10/h6-8H,4-5H2,1-3H3,(H,17,18). The molecule has 1 N–H and O–H groups in total. The highest BCUT2D eigenvalue weighted by Crippen LogP contribution is 2.49. The minimum absolute atomic E-state index is 0.0824. The van der Waals surface area contributed by atoms with Crippen molar-refractivity contribution >= 4 is 11.0 Å². The zero-order valence-corrected chi connectivity index (χ0v) is 11.0. The lowest BCUT2D eigenvalue weighted by Crippen LogP contribution is -2.11. The minimum atomic E-state index is -0.254. The average Bonchev–Trinajstić information content (AvgIpc) is 3.00. The lowest BCUT2D eigenvalue weighted by atomic mass is 9.87. The van der Waals surface area contributed by atoms with Crippen molar-refractivity contribution < 1.29 is 0 Å². The Morgan fingerprint density at radius 2 is 2.11 bits per heavy atom. The smallest absolute Gasteiger partial charge is 0.137 e. The van der Waals surface area contributed by atoms with Crippen LogP contribution >= 0.6 is 0 Å². The molecule has 0 saturated heterocycles. The molecule has 0 amide bonds. The van der Waals surface area contributed by atoms with Crippen molar-refractivity contribution in [1.82, 2.24) is 9.97 Å². The second kappa shape index (κ2) is 3.35. The molecule has 1 aliphatic rings.